The Morgan fingerprint density at radius 2 is 1.69 bits per heavy atom. The Kier molecular flexibility index (Phi) is 7.84. The van der Waals surface area contributed by atoms with Crippen LogP contribution in [0.15, 0.2) is 48.7 Å². The summed E-state index contributed by atoms with van der Waals surface area (Å²) in [5.41, 5.74) is 0.992. The molecule has 1 aromatic carbocycles. The van der Waals surface area contributed by atoms with Crippen molar-refractivity contribution >= 4 is 27.8 Å². The number of carbonyl (C=O) groups excluding carboxylic acids is 2. The fourth-order valence-electron chi connectivity index (χ4n) is 2.43. The summed E-state index contributed by atoms with van der Waals surface area (Å²) in [6.45, 7) is -0.564. The number of amides is 2. The molecule has 0 aliphatic heterocycles. The lowest BCUT2D eigenvalue weighted by Gasteiger charge is -2.07. The average molecular weight is 419 g/mol. The van der Waals surface area contributed by atoms with Crippen LogP contribution in [-0.2, 0) is 21.2 Å². The SMILES string of the molecule is O=C(O)CNC(=O)c1ccc(C(=O)NS(=O)(=O)CCCCc2ccccc2)cn1. The van der Waals surface area contributed by atoms with E-state index in [0.29, 0.717) is 12.8 Å². The molecule has 0 aliphatic carbocycles. The number of carbonyl (C=O) groups is 3. The van der Waals surface area contributed by atoms with E-state index in [-0.39, 0.29) is 17.0 Å². The van der Waals surface area contributed by atoms with Gasteiger partial charge in [-0.3, -0.25) is 19.4 Å². The lowest BCUT2D eigenvalue weighted by Crippen LogP contribution is -2.33. The summed E-state index contributed by atoms with van der Waals surface area (Å²) in [5, 5.41) is 10.7. The van der Waals surface area contributed by atoms with Crippen molar-refractivity contribution in [1.82, 2.24) is 15.0 Å². The summed E-state index contributed by atoms with van der Waals surface area (Å²) >= 11 is 0. The van der Waals surface area contributed by atoms with Gasteiger partial charge in [-0.25, -0.2) is 13.1 Å². The highest BCUT2D eigenvalue weighted by atomic mass is 32.2. The molecule has 0 atom stereocenters. The number of carboxylic acid groups (broad SMARTS) is 1. The number of rotatable bonds is 10. The van der Waals surface area contributed by atoms with E-state index in [9.17, 15) is 22.8 Å². The van der Waals surface area contributed by atoms with Crippen molar-refractivity contribution in [3.8, 4) is 0 Å². The van der Waals surface area contributed by atoms with Crippen LogP contribution < -0.4 is 10.0 Å². The molecule has 0 spiro atoms. The van der Waals surface area contributed by atoms with Crippen LogP contribution in [0.25, 0.3) is 0 Å². The second-order valence-electron chi connectivity index (χ2n) is 6.20. The first-order chi connectivity index (χ1) is 13.8. The van der Waals surface area contributed by atoms with Gasteiger partial charge in [0.05, 0.1) is 11.3 Å². The smallest absolute Gasteiger partial charge is 0.322 e. The molecule has 1 aromatic heterocycles. The highest BCUT2D eigenvalue weighted by Gasteiger charge is 2.17. The lowest BCUT2D eigenvalue weighted by atomic mass is 10.1. The zero-order valence-electron chi connectivity index (χ0n) is 15.5. The molecule has 10 heteroatoms. The molecule has 0 aliphatic rings. The van der Waals surface area contributed by atoms with Crippen molar-refractivity contribution in [1.29, 1.82) is 0 Å². The predicted octanol–water partition coefficient (Wildman–Crippen LogP) is 0.978. The van der Waals surface area contributed by atoms with Crippen LogP contribution in [0.5, 0.6) is 0 Å². The zero-order chi connectivity index (χ0) is 21.3. The molecule has 2 amide bonds. The van der Waals surface area contributed by atoms with Crippen molar-refractivity contribution in [3.05, 3.63) is 65.5 Å². The predicted molar refractivity (Wildman–Crippen MR) is 105 cm³/mol. The lowest BCUT2D eigenvalue weighted by molar-refractivity contribution is -0.135. The number of aliphatic carboxylic acids is 1. The highest BCUT2D eigenvalue weighted by molar-refractivity contribution is 7.90. The molecule has 29 heavy (non-hydrogen) atoms. The number of nitrogens with zero attached hydrogens (tertiary/aromatic N) is 1. The van der Waals surface area contributed by atoms with Crippen LogP contribution in [0.2, 0.25) is 0 Å². The quantitative estimate of drug-likeness (QED) is 0.487. The first-order valence-electron chi connectivity index (χ1n) is 8.81. The molecule has 2 rings (SSSR count). The standard InChI is InChI=1S/C19H21N3O6S/c23-17(24)13-21-19(26)16-10-9-15(12-20-16)18(25)22-29(27,28)11-5-4-8-14-6-2-1-3-7-14/h1-3,6-7,9-10,12H,4-5,8,11,13H2,(H,21,26)(H,22,25)(H,23,24). The van der Waals surface area contributed by atoms with E-state index in [4.69, 9.17) is 5.11 Å². The molecule has 1 heterocycles. The van der Waals surface area contributed by atoms with Gasteiger partial charge in [0, 0.05) is 6.20 Å². The maximum absolute atomic E-state index is 12.1. The fourth-order valence-corrected chi connectivity index (χ4v) is 3.51. The van der Waals surface area contributed by atoms with Gasteiger partial charge >= 0.3 is 5.97 Å². The molecule has 0 saturated carbocycles. The van der Waals surface area contributed by atoms with Crippen molar-refractivity contribution in [2.24, 2.45) is 0 Å². The molecule has 0 radical (unpaired) electrons. The van der Waals surface area contributed by atoms with Gasteiger partial charge in [0.1, 0.15) is 12.2 Å². The summed E-state index contributed by atoms with van der Waals surface area (Å²) in [4.78, 5) is 38.0. The number of aromatic nitrogens is 1. The third-order valence-corrected chi connectivity index (χ3v) is 5.20. The van der Waals surface area contributed by atoms with Gasteiger partial charge < -0.3 is 10.4 Å². The summed E-state index contributed by atoms with van der Waals surface area (Å²) in [6.07, 6.45) is 2.87. The summed E-state index contributed by atoms with van der Waals surface area (Å²) in [5.74, 6) is -2.96. The van der Waals surface area contributed by atoms with Crippen LogP contribution >= 0.6 is 0 Å². The minimum Gasteiger partial charge on any atom is -0.480 e. The third-order valence-electron chi connectivity index (χ3n) is 3.88. The van der Waals surface area contributed by atoms with Crippen molar-refractivity contribution in [2.45, 2.75) is 19.3 Å². The van der Waals surface area contributed by atoms with Gasteiger partial charge in [-0.05, 0) is 37.0 Å². The van der Waals surface area contributed by atoms with Gasteiger partial charge in [0.2, 0.25) is 10.0 Å². The van der Waals surface area contributed by atoms with Gasteiger partial charge in [-0.15, -0.1) is 0 Å². The van der Waals surface area contributed by atoms with E-state index >= 15 is 0 Å². The van der Waals surface area contributed by atoms with Gasteiger partial charge in [0.15, 0.2) is 0 Å². The van der Waals surface area contributed by atoms with Crippen molar-refractivity contribution < 1.29 is 27.9 Å². The Labute approximate surface area is 168 Å². The number of carboxylic acids is 1. The molecule has 3 N–H and O–H groups in total. The number of hydrogen-bond donors (Lipinski definition) is 3. The number of nitrogens with one attached hydrogen (secondary N) is 2. The molecule has 0 fully saturated rings. The first kappa shape index (κ1) is 22.0. The van der Waals surface area contributed by atoms with Crippen LogP contribution in [0.3, 0.4) is 0 Å². The Hall–Kier alpha value is -3.27. The van der Waals surface area contributed by atoms with E-state index in [1.54, 1.807) is 0 Å². The zero-order valence-corrected chi connectivity index (χ0v) is 16.3. The minimum atomic E-state index is -3.80. The number of aryl methyl sites for hydroxylation is 1. The second-order valence-corrected chi connectivity index (χ2v) is 8.04. The van der Waals surface area contributed by atoms with E-state index in [2.05, 4.69) is 10.3 Å². The Morgan fingerprint density at radius 1 is 0.966 bits per heavy atom. The van der Waals surface area contributed by atoms with Crippen LogP contribution in [0.4, 0.5) is 0 Å². The largest absolute Gasteiger partial charge is 0.480 e. The molecule has 9 nitrogen and oxygen atoms in total. The highest BCUT2D eigenvalue weighted by Crippen LogP contribution is 2.06. The summed E-state index contributed by atoms with van der Waals surface area (Å²) < 4.78 is 26.1. The maximum atomic E-state index is 12.1. The number of unbranched alkanes of at least 4 members (excludes halogenated alkanes) is 1. The Bertz CT molecular complexity index is 959. The van der Waals surface area contributed by atoms with Crippen LogP contribution in [-0.4, -0.2) is 48.6 Å². The normalized spacial score (nSPS) is 10.9. The maximum Gasteiger partial charge on any atom is 0.322 e. The molecule has 0 bridgehead atoms. The van der Waals surface area contributed by atoms with Crippen molar-refractivity contribution in [2.75, 3.05) is 12.3 Å². The van der Waals surface area contributed by atoms with Crippen molar-refractivity contribution in [3.63, 3.8) is 0 Å². The topological polar surface area (TPSA) is 143 Å². The number of hydrogen-bond acceptors (Lipinski definition) is 6. The molecule has 0 unspecified atom stereocenters. The Balaban J connectivity index is 1.83. The number of benzene rings is 1. The van der Waals surface area contributed by atoms with Gasteiger partial charge in [-0.1, -0.05) is 30.3 Å². The van der Waals surface area contributed by atoms with Crippen LogP contribution in [0.1, 0.15) is 39.3 Å². The minimum absolute atomic E-state index is 0.0346. The summed E-state index contributed by atoms with van der Waals surface area (Å²) in [7, 11) is -3.80. The number of sulfonamides is 1. The molecule has 2 aromatic rings. The second kappa shape index (κ2) is 10.3. The third kappa shape index (κ3) is 7.70. The van der Waals surface area contributed by atoms with E-state index in [1.807, 2.05) is 35.1 Å². The van der Waals surface area contributed by atoms with Gasteiger partial charge in [-0.2, -0.15) is 0 Å². The monoisotopic (exact) mass is 419 g/mol. The van der Waals surface area contributed by atoms with Crippen LogP contribution in [0, 0.1) is 0 Å². The molecule has 0 saturated heterocycles. The van der Waals surface area contributed by atoms with E-state index in [1.165, 1.54) is 12.1 Å². The van der Waals surface area contributed by atoms with E-state index < -0.39 is 34.4 Å². The number of pyridine rings is 1. The summed E-state index contributed by atoms with van der Waals surface area (Å²) in [6, 6.07) is 12.1. The van der Waals surface area contributed by atoms with Gasteiger partial charge in [0.25, 0.3) is 11.8 Å². The Morgan fingerprint density at radius 3 is 2.31 bits per heavy atom. The molecular weight excluding hydrogens is 398 g/mol. The van der Waals surface area contributed by atoms with E-state index in [0.717, 1.165) is 18.2 Å². The average Bonchev–Trinajstić information content (AvgIpc) is 2.70. The first-order valence-corrected chi connectivity index (χ1v) is 10.5. The molecular formula is C19H21N3O6S. The molecule has 154 valence electrons. The fraction of sp³-hybridized carbons (Fsp3) is 0.263.